The molecule has 8 nitrogen and oxygen atoms in total. The molecule has 1 atom stereocenters. The van der Waals surface area contributed by atoms with Crippen molar-refractivity contribution in [2.45, 2.75) is 13.2 Å². The minimum absolute atomic E-state index is 0.110. The molecular formula is C6H10N4O4. The highest BCUT2D eigenvalue weighted by atomic mass is 16.6. The highest BCUT2D eigenvalue weighted by Crippen LogP contribution is 2.10. The molecule has 0 radical (unpaired) electrons. The molecule has 14 heavy (non-hydrogen) atoms. The number of nitro groups is 1. The average Bonchev–Trinajstić information content (AvgIpc) is 2.62. The Morgan fingerprint density at radius 2 is 2.57 bits per heavy atom. The van der Waals surface area contributed by atoms with Gasteiger partial charge in [0.15, 0.2) is 6.23 Å². The molecule has 1 aromatic rings. The van der Waals surface area contributed by atoms with Gasteiger partial charge in [-0.15, -0.1) is 0 Å². The number of hydrogen-bond acceptors (Lipinski definition) is 6. The van der Waals surface area contributed by atoms with Crippen molar-refractivity contribution >= 4 is 5.82 Å². The Hall–Kier alpha value is -1.54. The standard InChI is InChI=1S/C6H10N4O4/c1-5(14-3-2-11)9-4-6(7-8-9)10(12)13/h4-5,11H,2-3H2,1H3. The summed E-state index contributed by atoms with van der Waals surface area (Å²) < 4.78 is 6.27. The normalized spacial score (nSPS) is 12.7. The van der Waals surface area contributed by atoms with Gasteiger partial charge in [-0.05, 0) is 11.8 Å². The van der Waals surface area contributed by atoms with E-state index in [1.807, 2.05) is 0 Å². The summed E-state index contributed by atoms with van der Waals surface area (Å²) in [7, 11) is 0. The quantitative estimate of drug-likeness (QED) is 0.520. The van der Waals surface area contributed by atoms with E-state index in [2.05, 4.69) is 10.3 Å². The average molecular weight is 202 g/mol. The van der Waals surface area contributed by atoms with Crippen LogP contribution in [0.3, 0.4) is 0 Å². The molecule has 1 unspecified atom stereocenters. The maximum Gasteiger partial charge on any atom is 0.410 e. The van der Waals surface area contributed by atoms with E-state index >= 15 is 0 Å². The smallest absolute Gasteiger partial charge is 0.394 e. The Bertz CT molecular complexity index is 313. The first kappa shape index (κ1) is 10.5. The van der Waals surface area contributed by atoms with Crippen molar-refractivity contribution in [3.05, 3.63) is 16.3 Å². The van der Waals surface area contributed by atoms with Crippen molar-refractivity contribution in [3.8, 4) is 0 Å². The van der Waals surface area contributed by atoms with Crippen LogP contribution in [0.1, 0.15) is 13.2 Å². The van der Waals surface area contributed by atoms with Gasteiger partial charge in [-0.3, -0.25) is 0 Å². The van der Waals surface area contributed by atoms with E-state index < -0.39 is 11.2 Å². The number of ether oxygens (including phenoxy) is 1. The third-order valence-electron chi connectivity index (χ3n) is 1.51. The van der Waals surface area contributed by atoms with Crippen molar-refractivity contribution in [1.29, 1.82) is 0 Å². The van der Waals surface area contributed by atoms with E-state index in [1.165, 1.54) is 10.9 Å². The molecule has 0 amide bonds. The van der Waals surface area contributed by atoms with Crippen LogP contribution in [-0.2, 0) is 4.74 Å². The fourth-order valence-corrected chi connectivity index (χ4v) is 0.828. The van der Waals surface area contributed by atoms with E-state index in [0.29, 0.717) is 0 Å². The number of nitrogens with zero attached hydrogens (tertiary/aromatic N) is 4. The predicted molar refractivity (Wildman–Crippen MR) is 44.4 cm³/mol. The van der Waals surface area contributed by atoms with Gasteiger partial charge in [-0.25, -0.2) is 0 Å². The summed E-state index contributed by atoms with van der Waals surface area (Å²) in [5, 5.41) is 25.6. The Morgan fingerprint density at radius 3 is 3.07 bits per heavy atom. The predicted octanol–water partition coefficient (Wildman–Crippen LogP) is -0.286. The molecule has 0 saturated carbocycles. The zero-order valence-corrected chi connectivity index (χ0v) is 7.53. The van der Waals surface area contributed by atoms with Crippen molar-refractivity contribution in [1.82, 2.24) is 15.0 Å². The first-order valence-corrected chi connectivity index (χ1v) is 3.94. The van der Waals surface area contributed by atoms with Gasteiger partial charge in [0.25, 0.3) is 0 Å². The molecule has 78 valence electrons. The Balaban J connectivity index is 2.61. The van der Waals surface area contributed by atoms with E-state index in [1.54, 1.807) is 6.92 Å². The second-order valence-electron chi connectivity index (χ2n) is 2.51. The molecule has 0 fully saturated rings. The lowest BCUT2D eigenvalue weighted by Gasteiger charge is -2.09. The van der Waals surface area contributed by atoms with Crippen LogP contribution in [0.15, 0.2) is 6.20 Å². The first-order valence-electron chi connectivity index (χ1n) is 3.94. The van der Waals surface area contributed by atoms with Crippen molar-refractivity contribution < 1.29 is 14.8 Å². The molecule has 0 saturated heterocycles. The van der Waals surface area contributed by atoms with Crippen LogP contribution in [0.2, 0.25) is 0 Å². The Labute approximate surface area is 79.2 Å². The maximum atomic E-state index is 10.3. The lowest BCUT2D eigenvalue weighted by Crippen LogP contribution is -2.12. The minimum Gasteiger partial charge on any atom is -0.394 e. The van der Waals surface area contributed by atoms with Gasteiger partial charge in [0.05, 0.1) is 18.4 Å². The zero-order valence-electron chi connectivity index (χ0n) is 7.53. The lowest BCUT2D eigenvalue weighted by molar-refractivity contribution is -0.389. The summed E-state index contributed by atoms with van der Waals surface area (Å²) in [6.07, 6.45) is 0.686. The molecule has 1 N–H and O–H groups in total. The van der Waals surface area contributed by atoms with E-state index in [4.69, 9.17) is 9.84 Å². The third kappa shape index (κ3) is 2.47. The second kappa shape index (κ2) is 4.63. The second-order valence-corrected chi connectivity index (χ2v) is 2.51. The Morgan fingerprint density at radius 1 is 1.86 bits per heavy atom. The zero-order chi connectivity index (χ0) is 10.6. The number of aromatic nitrogens is 3. The fraction of sp³-hybridized carbons (Fsp3) is 0.667. The van der Waals surface area contributed by atoms with Gasteiger partial charge in [0, 0.05) is 0 Å². The van der Waals surface area contributed by atoms with Crippen molar-refractivity contribution in [2.75, 3.05) is 13.2 Å². The van der Waals surface area contributed by atoms with Gasteiger partial charge in [-0.2, -0.15) is 4.68 Å². The van der Waals surface area contributed by atoms with Crippen LogP contribution in [0, 0.1) is 10.1 Å². The monoisotopic (exact) mass is 202 g/mol. The van der Waals surface area contributed by atoms with E-state index in [-0.39, 0.29) is 19.0 Å². The van der Waals surface area contributed by atoms with Crippen LogP contribution < -0.4 is 0 Å². The fourth-order valence-electron chi connectivity index (χ4n) is 0.828. The van der Waals surface area contributed by atoms with Crippen LogP contribution in [0.4, 0.5) is 5.82 Å². The molecule has 0 aromatic carbocycles. The van der Waals surface area contributed by atoms with Crippen LogP contribution in [0.25, 0.3) is 0 Å². The number of aliphatic hydroxyl groups is 1. The van der Waals surface area contributed by atoms with E-state index in [9.17, 15) is 10.1 Å². The van der Waals surface area contributed by atoms with Crippen LogP contribution >= 0.6 is 0 Å². The largest absolute Gasteiger partial charge is 0.410 e. The summed E-state index contributed by atoms with van der Waals surface area (Å²) >= 11 is 0. The van der Waals surface area contributed by atoms with Gasteiger partial charge >= 0.3 is 5.82 Å². The molecule has 0 aliphatic rings. The summed E-state index contributed by atoms with van der Waals surface area (Å²) in [4.78, 5) is 9.62. The van der Waals surface area contributed by atoms with Gasteiger partial charge in [0.1, 0.15) is 11.3 Å². The van der Waals surface area contributed by atoms with Gasteiger partial charge in [-0.1, -0.05) is 0 Å². The van der Waals surface area contributed by atoms with Crippen LogP contribution in [-0.4, -0.2) is 38.2 Å². The molecule has 1 heterocycles. The number of rotatable bonds is 5. The molecule has 0 aliphatic carbocycles. The molecule has 0 aliphatic heterocycles. The lowest BCUT2D eigenvalue weighted by atomic mass is 10.6. The highest BCUT2D eigenvalue weighted by molar-refractivity contribution is 5.08. The number of hydrogen-bond donors (Lipinski definition) is 1. The van der Waals surface area contributed by atoms with Crippen molar-refractivity contribution in [2.24, 2.45) is 0 Å². The third-order valence-corrected chi connectivity index (χ3v) is 1.51. The summed E-state index contributed by atoms with van der Waals surface area (Å²) in [6, 6.07) is 0. The summed E-state index contributed by atoms with van der Waals surface area (Å²) in [6.45, 7) is 1.68. The summed E-state index contributed by atoms with van der Waals surface area (Å²) in [5.41, 5.74) is 0. The van der Waals surface area contributed by atoms with Crippen molar-refractivity contribution in [3.63, 3.8) is 0 Å². The van der Waals surface area contributed by atoms with E-state index in [0.717, 1.165) is 0 Å². The topological polar surface area (TPSA) is 103 Å². The molecular weight excluding hydrogens is 192 g/mol. The molecule has 8 heteroatoms. The molecule has 0 bridgehead atoms. The summed E-state index contributed by atoms with van der Waals surface area (Å²) in [5.74, 6) is -0.329. The van der Waals surface area contributed by atoms with Crippen LogP contribution in [0.5, 0.6) is 0 Å². The Kier molecular flexibility index (Phi) is 3.48. The minimum atomic E-state index is -0.637. The SMILES string of the molecule is CC(OCCO)n1cc([N+](=O)[O-])nn1. The maximum absolute atomic E-state index is 10.3. The van der Waals surface area contributed by atoms with Gasteiger partial charge in [0.2, 0.25) is 0 Å². The molecule has 0 spiro atoms. The number of aliphatic hydroxyl groups excluding tert-OH is 1. The first-order chi connectivity index (χ1) is 6.65. The highest BCUT2D eigenvalue weighted by Gasteiger charge is 2.15. The molecule has 1 aromatic heterocycles. The molecule has 1 rings (SSSR count). The van der Waals surface area contributed by atoms with Gasteiger partial charge < -0.3 is 20.0 Å².